The van der Waals surface area contributed by atoms with Crippen molar-refractivity contribution in [1.82, 2.24) is 25.2 Å². The number of amides is 2. The molecule has 3 aromatic rings. The summed E-state index contributed by atoms with van der Waals surface area (Å²) in [4.78, 5) is 41.5. The van der Waals surface area contributed by atoms with E-state index in [2.05, 4.69) is 45.0 Å². The standard InChI is InChI=1S/C25H25N7O2/c1-15-6-7-31(12-15)19-5-3-4-18(8-19)21-11-28-23-22(30-21)20(10-27-23)24(33)29-16(2)25(34)32-13-17(9-26)14-32/h3-5,8,10-11,16-17H,1,6-7,12-14H2,2H3,(H,27,28)(H,29,33)/t16-/m1/s1. The van der Waals surface area contributed by atoms with Gasteiger partial charge in [0.05, 0.1) is 29.4 Å². The van der Waals surface area contributed by atoms with Crippen LogP contribution < -0.4 is 10.2 Å². The first-order valence-electron chi connectivity index (χ1n) is 11.3. The number of benzene rings is 1. The number of rotatable bonds is 5. The maximum absolute atomic E-state index is 13.0. The molecule has 5 rings (SSSR count). The van der Waals surface area contributed by atoms with Gasteiger partial charge >= 0.3 is 0 Å². The van der Waals surface area contributed by atoms with E-state index in [1.807, 2.05) is 12.1 Å². The fourth-order valence-corrected chi connectivity index (χ4v) is 4.36. The lowest BCUT2D eigenvalue weighted by Crippen LogP contribution is -2.55. The third kappa shape index (κ3) is 3.99. The molecular formula is C25H25N7O2. The molecule has 2 aromatic heterocycles. The van der Waals surface area contributed by atoms with Crippen molar-refractivity contribution >= 4 is 28.7 Å². The van der Waals surface area contributed by atoms with E-state index in [0.29, 0.717) is 35.5 Å². The van der Waals surface area contributed by atoms with Crippen molar-refractivity contribution < 1.29 is 9.59 Å². The summed E-state index contributed by atoms with van der Waals surface area (Å²) in [6, 6.07) is 9.53. The fraction of sp³-hybridized carbons (Fsp3) is 0.320. The molecule has 2 amide bonds. The molecule has 0 radical (unpaired) electrons. The highest BCUT2D eigenvalue weighted by atomic mass is 16.2. The smallest absolute Gasteiger partial charge is 0.255 e. The van der Waals surface area contributed by atoms with E-state index in [9.17, 15) is 9.59 Å². The third-order valence-electron chi connectivity index (χ3n) is 6.38. The van der Waals surface area contributed by atoms with Gasteiger partial charge in [-0.15, -0.1) is 0 Å². The number of aromatic nitrogens is 3. The van der Waals surface area contributed by atoms with Crippen molar-refractivity contribution in [2.45, 2.75) is 19.4 Å². The minimum absolute atomic E-state index is 0.128. The zero-order valence-corrected chi connectivity index (χ0v) is 18.9. The summed E-state index contributed by atoms with van der Waals surface area (Å²) in [5.41, 5.74) is 5.17. The van der Waals surface area contributed by atoms with Crippen LogP contribution in [0.2, 0.25) is 0 Å². The third-order valence-corrected chi connectivity index (χ3v) is 6.38. The maximum atomic E-state index is 13.0. The van der Waals surface area contributed by atoms with Crippen LogP contribution in [0, 0.1) is 17.2 Å². The molecule has 0 spiro atoms. The number of hydrogen-bond acceptors (Lipinski definition) is 6. The monoisotopic (exact) mass is 455 g/mol. The predicted molar refractivity (Wildman–Crippen MR) is 128 cm³/mol. The summed E-state index contributed by atoms with van der Waals surface area (Å²) in [6.45, 7) is 8.33. The lowest BCUT2D eigenvalue weighted by Gasteiger charge is -2.37. The number of nitriles is 1. The van der Waals surface area contributed by atoms with Crippen molar-refractivity contribution in [3.05, 3.63) is 54.4 Å². The molecule has 4 heterocycles. The van der Waals surface area contributed by atoms with Crippen LogP contribution in [0.15, 0.2) is 48.8 Å². The number of nitrogens with one attached hydrogen (secondary N) is 2. The first-order valence-corrected chi connectivity index (χ1v) is 11.3. The van der Waals surface area contributed by atoms with E-state index in [-0.39, 0.29) is 11.8 Å². The van der Waals surface area contributed by atoms with Gasteiger partial charge < -0.3 is 20.1 Å². The molecule has 1 atom stereocenters. The summed E-state index contributed by atoms with van der Waals surface area (Å²) < 4.78 is 0. The number of carbonyl (C=O) groups excluding carboxylic acids is 2. The van der Waals surface area contributed by atoms with Crippen LogP contribution in [0.5, 0.6) is 0 Å². The Kier molecular flexibility index (Phi) is 5.49. The Morgan fingerprint density at radius 2 is 2.18 bits per heavy atom. The molecule has 2 saturated heterocycles. The Morgan fingerprint density at radius 1 is 1.35 bits per heavy atom. The largest absolute Gasteiger partial charge is 0.367 e. The molecule has 2 fully saturated rings. The number of likely N-dealkylation sites (tertiary alicyclic amines) is 1. The van der Waals surface area contributed by atoms with Crippen molar-refractivity contribution in [3.8, 4) is 17.3 Å². The minimum Gasteiger partial charge on any atom is -0.367 e. The van der Waals surface area contributed by atoms with Crippen LogP contribution in [0.4, 0.5) is 5.69 Å². The van der Waals surface area contributed by atoms with E-state index in [4.69, 9.17) is 10.2 Å². The molecule has 34 heavy (non-hydrogen) atoms. The quantitative estimate of drug-likeness (QED) is 0.571. The Hall–Kier alpha value is -4.19. The number of carbonyl (C=O) groups is 2. The van der Waals surface area contributed by atoms with Gasteiger partial charge in [-0.2, -0.15) is 5.26 Å². The summed E-state index contributed by atoms with van der Waals surface area (Å²) in [7, 11) is 0. The van der Waals surface area contributed by atoms with E-state index in [1.165, 1.54) is 5.57 Å². The average Bonchev–Trinajstić information content (AvgIpc) is 3.44. The van der Waals surface area contributed by atoms with Crippen molar-refractivity contribution in [3.63, 3.8) is 0 Å². The van der Waals surface area contributed by atoms with Crippen LogP contribution in [0.3, 0.4) is 0 Å². The molecule has 2 N–H and O–H groups in total. The number of nitrogens with zero attached hydrogens (tertiary/aromatic N) is 5. The minimum atomic E-state index is -0.708. The molecule has 2 aliphatic rings. The van der Waals surface area contributed by atoms with Gasteiger partial charge in [-0.1, -0.05) is 24.3 Å². The first kappa shape index (κ1) is 21.6. The van der Waals surface area contributed by atoms with E-state index < -0.39 is 11.9 Å². The van der Waals surface area contributed by atoms with Crippen LogP contribution >= 0.6 is 0 Å². The van der Waals surface area contributed by atoms with Gasteiger partial charge in [0.1, 0.15) is 11.6 Å². The van der Waals surface area contributed by atoms with E-state index >= 15 is 0 Å². The number of H-pyrrole nitrogens is 1. The average molecular weight is 456 g/mol. The summed E-state index contributed by atoms with van der Waals surface area (Å²) in [5.74, 6) is -0.731. The fourth-order valence-electron chi connectivity index (χ4n) is 4.36. The molecule has 2 aliphatic heterocycles. The van der Waals surface area contributed by atoms with E-state index in [1.54, 1.807) is 24.2 Å². The van der Waals surface area contributed by atoms with Gasteiger partial charge in [-0.25, -0.2) is 9.97 Å². The topological polar surface area (TPSA) is 118 Å². The zero-order chi connectivity index (χ0) is 23.8. The highest BCUT2D eigenvalue weighted by Gasteiger charge is 2.33. The molecule has 0 aliphatic carbocycles. The van der Waals surface area contributed by atoms with Gasteiger partial charge in [0.25, 0.3) is 5.91 Å². The van der Waals surface area contributed by atoms with Crippen molar-refractivity contribution in [1.29, 1.82) is 5.26 Å². The van der Waals surface area contributed by atoms with Crippen LogP contribution in [-0.4, -0.2) is 63.9 Å². The Labute approximate surface area is 197 Å². The molecular weight excluding hydrogens is 430 g/mol. The Balaban J connectivity index is 1.35. The second-order valence-electron chi connectivity index (χ2n) is 8.89. The maximum Gasteiger partial charge on any atom is 0.255 e. The summed E-state index contributed by atoms with van der Waals surface area (Å²) in [5, 5.41) is 11.7. The molecule has 9 heteroatoms. The number of aromatic amines is 1. The van der Waals surface area contributed by atoms with Gasteiger partial charge in [-0.3, -0.25) is 9.59 Å². The summed E-state index contributed by atoms with van der Waals surface area (Å²) in [6.07, 6.45) is 4.24. The van der Waals surface area contributed by atoms with Gasteiger partial charge in [0.15, 0.2) is 5.65 Å². The van der Waals surface area contributed by atoms with Gasteiger partial charge in [0.2, 0.25) is 5.91 Å². The Bertz CT molecular complexity index is 1330. The number of anilines is 1. The molecule has 9 nitrogen and oxygen atoms in total. The molecule has 0 unspecified atom stereocenters. The Morgan fingerprint density at radius 3 is 2.91 bits per heavy atom. The molecule has 1 aromatic carbocycles. The zero-order valence-electron chi connectivity index (χ0n) is 18.9. The normalized spacial score (nSPS) is 16.9. The van der Waals surface area contributed by atoms with Crippen LogP contribution in [-0.2, 0) is 4.79 Å². The number of fused-ring (bicyclic) bond motifs is 1. The first-order chi connectivity index (χ1) is 16.4. The molecule has 0 bridgehead atoms. The second kappa shape index (κ2) is 8.63. The van der Waals surface area contributed by atoms with Gasteiger partial charge in [-0.05, 0) is 25.5 Å². The SMILES string of the molecule is C=C1CCN(c2cccc(-c3cnc4[nH]cc(C(=O)N[C@H](C)C(=O)N5CC(C#N)C5)c4n3)c2)C1. The lowest BCUT2D eigenvalue weighted by molar-refractivity contribution is -0.137. The highest BCUT2D eigenvalue weighted by molar-refractivity contribution is 6.06. The van der Waals surface area contributed by atoms with Crippen molar-refractivity contribution in [2.24, 2.45) is 5.92 Å². The molecule has 0 saturated carbocycles. The van der Waals surface area contributed by atoms with E-state index in [0.717, 1.165) is 30.8 Å². The number of hydrogen-bond donors (Lipinski definition) is 2. The van der Waals surface area contributed by atoms with Gasteiger partial charge in [0, 0.05) is 43.6 Å². The highest BCUT2D eigenvalue weighted by Crippen LogP contribution is 2.28. The summed E-state index contributed by atoms with van der Waals surface area (Å²) >= 11 is 0. The van der Waals surface area contributed by atoms with Crippen LogP contribution in [0.25, 0.3) is 22.4 Å². The predicted octanol–water partition coefficient (Wildman–Crippen LogP) is 2.49. The molecule has 172 valence electrons. The lowest BCUT2D eigenvalue weighted by atomic mass is 10.0. The van der Waals surface area contributed by atoms with Crippen LogP contribution in [0.1, 0.15) is 23.7 Å². The van der Waals surface area contributed by atoms with Crippen molar-refractivity contribution in [2.75, 3.05) is 31.1 Å². The second-order valence-corrected chi connectivity index (χ2v) is 8.89.